The first kappa shape index (κ1) is 9.68. The van der Waals surface area contributed by atoms with Crippen molar-refractivity contribution in [3.63, 3.8) is 0 Å². The second kappa shape index (κ2) is 3.71. The van der Waals surface area contributed by atoms with Gasteiger partial charge in [-0.15, -0.1) is 11.3 Å². The van der Waals surface area contributed by atoms with Crippen LogP contribution in [0.15, 0.2) is 11.4 Å². The summed E-state index contributed by atoms with van der Waals surface area (Å²) in [5.74, 6) is -0.730. The third kappa shape index (κ3) is 1.44. The van der Waals surface area contributed by atoms with Crippen molar-refractivity contribution < 1.29 is 9.90 Å². The summed E-state index contributed by atoms with van der Waals surface area (Å²) >= 11 is 1.67. The predicted molar refractivity (Wildman–Crippen MR) is 55.6 cm³/mol. The van der Waals surface area contributed by atoms with E-state index >= 15 is 0 Å². The van der Waals surface area contributed by atoms with Gasteiger partial charge in [-0.1, -0.05) is 6.92 Å². The Morgan fingerprint density at radius 1 is 1.79 bits per heavy atom. The van der Waals surface area contributed by atoms with Gasteiger partial charge in [0.05, 0.1) is 0 Å². The first-order valence-electron chi connectivity index (χ1n) is 4.77. The monoisotopic (exact) mass is 211 g/mol. The molecule has 0 saturated heterocycles. The van der Waals surface area contributed by atoms with E-state index < -0.39 is 12.0 Å². The second-order valence-corrected chi connectivity index (χ2v) is 4.42. The number of rotatable bonds is 2. The Kier molecular flexibility index (Phi) is 2.56. The molecule has 76 valence electrons. The van der Waals surface area contributed by atoms with Crippen molar-refractivity contribution in [1.82, 2.24) is 4.90 Å². The molecule has 0 amide bonds. The number of hydrogen-bond acceptors (Lipinski definition) is 3. The number of likely N-dealkylation sites (N-methyl/N-ethyl adjacent to an activating group) is 1. The van der Waals surface area contributed by atoms with E-state index in [-0.39, 0.29) is 0 Å². The first-order chi connectivity index (χ1) is 6.74. The minimum absolute atomic E-state index is 0.421. The molecule has 0 spiro atoms. The minimum atomic E-state index is -0.730. The number of hydrogen-bond donors (Lipinski definition) is 1. The SMILES string of the molecule is CCN1CCc2sccc2C1C(=O)O. The molecule has 14 heavy (non-hydrogen) atoms. The van der Waals surface area contributed by atoms with E-state index in [1.807, 2.05) is 23.3 Å². The van der Waals surface area contributed by atoms with Gasteiger partial charge in [0, 0.05) is 11.4 Å². The highest BCUT2D eigenvalue weighted by atomic mass is 32.1. The highest BCUT2D eigenvalue weighted by Gasteiger charge is 2.32. The molecule has 4 heteroatoms. The smallest absolute Gasteiger partial charge is 0.325 e. The van der Waals surface area contributed by atoms with Crippen molar-refractivity contribution in [3.8, 4) is 0 Å². The van der Waals surface area contributed by atoms with Crippen molar-refractivity contribution in [1.29, 1.82) is 0 Å². The average molecular weight is 211 g/mol. The number of fused-ring (bicyclic) bond motifs is 1. The number of nitrogens with zero attached hydrogens (tertiary/aromatic N) is 1. The van der Waals surface area contributed by atoms with E-state index in [1.165, 1.54) is 4.88 Å². The van der Waals surface area contributed by atoms with E-state index in [0.29, 0.717) is 0 Å². The number of carbonyl (C=O) groups is 1. The fraction of sp³-hybridized carbons (Fsp3) is 0.500. The normalized spacial score (nSPS) is 21.9. The Morgan fingerprint density at radius 2 is 2.57 bits per heavy atom. The largest absolute Gasteiger partial charge is 0.480 e. The van der Waals surface area contributed by atoms with Crippen LogP contribution in [0.3, 0.4) is 0 Å². The molecule has 1 atom stereocenters. The maximum atomic E-state index is 11.1. The van der Waals surface area contributed by atoms with Crippen LogP contribution in [0.1, 0.15) is 23.4 Å². The zero-order valence-corrected chi connectivity index (χ0v) is 8.88. The summed E-state index contributed by atoms with van der Waals surface area (Å²) in [5, 5.41) is 11.2. The van der Waals surface area contributed by atoms with Crippen LogP contribution in [-0.2, 0) is 11.2 Å². The van der Waals surface area contributed by atoms with Crippen molar-refractivity contribution in [2.24, 2.45) is 0 Å². The summed E-state index contributed by atoms with van der Waals surface area (Å²) < 4.78 is 0. The molecule has 2 rings (SSSR count). The predicted octanol–water partition coefficient (Wildman–Crippen LogP) is 1.75. The van der Waals surface area contributed by atoms with Crippen LogP contribution in [0.5, 0.6) is 0 Å². The van der Waals surface area contributed by atoms with Crippen LogP contribution in [-0.4, -0.2) is 29.1 Å². The average Bonchev–Trinajstić information content (AvgIpc) is 2.62. The fourth-order valence-electron chi connectivity index (χ4n) is 2.00. The third-order valence-electron chi connectivity index (χ3n) is 2.71. The van der Waals surface area contributed by atoms with Gasteiger partial charge < -0.3 is 5.11 Å². The van der Waals surface area contributed by atoms with Gasteiger partial charge in [-0.05, 0) is 30.0 Å². The van der Waals surface area contributed by atoms with Crippen LogP contribution in [0.2, 0.25) is 0 Å². The molecule has 0 aromatic carbocycles. The Labute approximate surface area is 87.0 Å². The molecule has 1 unspecified atom stereocenters. The van der Waals surface area contributed by atoms with E-state index in [9.17, 15) is 4.79 Å². The van der Waals surface area contributed by atoms with Gasteiger partial charge in [0.25, 0.3) is 0 Å². The maximum Gasteiger partial charge on any atom is 0.325 e. The van der Waals surface area contributed by atoms with E-state index in [4.69, 9.17) is 5.11 Å². The molecular formula is C10H13NO2S. The zero-order valence-electron chi connectivity index (χ0n) is 8.06. The van der Waals surface area contributed by atoms with Gasteiger partial charge in [-0.3, -0.25) is 9.69 Å². The lowest BCUT2D eigenvalue weighted by Crippen LogP contribution is -2.38. The van der Waals surface area contributed by atoms with Gasteiger partial charge in [0.2, 0.25) is 0 Å². The molecule has 0 radical (unpaired) electrons. The quantitative estimate of drug-likeness (QED) is 0.810. The summed E-state index contributed by atoms with van der Waals surface area (Å²) in [6.45, 7) is 3.67. The molecule has 0 aliphatic carbocycles. The molecule has 1 aliphatic heterocycles. The van der Waals surface area contributed by atoms with Gasteiger partial charge in [-0.2, -0.15) is 0 Å². The molecule has 3 nitrogen and oxygen atoms in total. The lowest BCUT2D eigenvalue weighted by atomic mass is 10.0. The van der Waals surface area contributed by atoms with Crippen LogP contribution in [0, 0.1) is 0 Å². The van der Waals surface area contributed by atoms with E-state index in [0.717, 1.165) is 25.1 Å². The van der Waals surface area contributed by atoms with Crippen LogP contribution < -0.4 is 0 Å². The Morgan fingerprint density at radius 3 is 3.21 bits per heavy atom. The van der Waals surface area contributed by atoms with Gasteiger partial charge in [0.1, 0.15) is 6.04 Å². The highest BCUT2D eigenvalue weighted by Crippen LogP contribution is 2.32. The Bertz CT molecular complexity index is 348. The minimum Gasteiger partial charge on any atom is -0.480 e. The molecule has 0 fully saturated rings. The van der Waals surface area contributed by atoms with Crippen molar-refractivity contribution in [2.45, 2.75) is 19.4 Å². The molecule has 1 aromatic heterocycles. The van der Waals surface area contributed by atoms with Gasteiger partial charge >= 0.3 is 5.97 Å². The van der Waals surface area contributed by atoms with E-state index in [1.54, 1.807) is 11.3 Å². The molecule has 1 aromatic rings. The number of aliphatic carboxylic acids is 1. The topological polar surface area (TPSA) is 40.5 Å². The van der Waals surface area contributed by atoms with Crippen LogP contribution in [0.25, 0.3) is 0 Å². The summed E-state index contributed by atoms with van der Waals surface area (Å²) in [4.78, 5) is 14.4. The molecular weight excluding hydrogens is 198 g/mol. The van der Waals surface area contributed by atoms with Crippen LogP contribution >= 0.6 is 11.3 Å². The second-order valence-electron chi connectivity index (χ2n) is 3.42. The van der Waals surface area contributed by atoms with Gasteiger partial charge in [-0.25, -0.2) is 0 Å². The molecule has 0 bridgehead atoms. The molecule has 1 N–H and O–H groups in total. The summed E-state index contributed by atoms with van der Waals surface area (Å²) in [7, 11) is 0. The summed E-state index contributed by atoms with van der Waals surface area (Å²) in [6.07, 6.45) is 0.991. The number of thiophene rings is 1. The molecule has 1 aliphatic rings. The lowest BCUT2D eigenvalue weighted by molar-refractivity contribution is -0.143. The Hall–Kier alpha value is -0.870. The van der Waals surface area contributed by atoms with Crippen molar-refractivity contribution in [3.05, 3.63) is 21.9 Å². The summed E-state index contributed by atoms with van der Waals surface area (Å²) in [5.41, 5.74) is 0.996. The zero-order chi connectivity index (χ0) is 10.1. The van der Waals surface area contributed by atoms with Crippen molar-refractivity contribution in [2.75, 3.05) is 13.1 Å². The molecule has 0 saturated carbocycles. The van der Waals surface area contributed by atoms with E-state index in [2.05, 4.69) is 0 Å². The van der Waals surface area contributed by atoms with Gasteiger partial charge in [0.15, 0.2) is 0 Å². The standard InChI is InChI=1S/C10H13NO2S/c1-2-11-5-3-8-7(4-6-14-8)9(11)10(12)13/h4,6,9H,2-3,5H2,1H3,(H,12,13). The van der Waals surface area contributed by atoms with Crippen molar-refractivity contribution >= 4 is 17.3 Å². The number of carboxylic acid groups (broad SMARTS) is 1. The summed E-state index contributed by atoms with van der Waals surface area (Å²) in [6, 6.07) is 1.52. The third-order valence-corrected chi connectivity index (χ3v) is 3.70. The van der Waals surface area contributed by atoms with Crippen LogP contribution in [0.4, 0.5) is 0 Å². The lowest BCUT2D eigenvalue weighted by Gasteiger charge is -2.31. The first-order valence-corrected chi connectivity index (χ1v) is 5.65. The fourth-order valence-corrected chi connectivity index (χ4v) is 2.90. The Balaban J connectivity index is 2.38. The molecule has 2 heterocycles. The highest BCUT2D eigenvalue weighted by molar-refractivity contribution is 7.10. The number of carboxylic acids is 1. The maximum absolute atomic E-state index is 11.1.